The second kappa shape index (κ2) is 16.3. The molecule has 0 aliphatic carbocycles. The van der Waals surface area contributed by atoms with Gasteiger partial charge in [0.25, 0.3) is 0 Å². The van der Waals surface area contributed by atoms with Crippen molar-refractivity contribution in [3.8, 4) is 5.75 Å². The second-order valence-corrected chi connectivity index (χ2v) is 12.1. The Bertz CT molecular complexity index is 1110. The van der Waals surface area contributed by atoms with E-state index in [0.29, 0.717) is 58.1 Å². The van der Waals surface area contributed by atoms with Gasteiger partial charge in [0.15, 0.2) is 5.78 Å². The fourth-order valence-electron chi connectivity index (χ4n) is 5.91. The minimum absolute atomic E-state index is 0.146. The zero-order chi connectivity index (χ0) is 31.5. The van der Waals surface area contributed by atoms with Gasteiger partial charge >= 0.3 is 0 Å². The maximum atomic E-state index is 13.9. The standard InChI is InChI=1S/C32H48N4O8/c1-22(33-28(37)21-36-13-17-42-18-14-36)30(39)35-27(19-23-8-10-24(41-3)11-9-23)31(40)34-26(20-25-7-6-15-43-25)29(38)32(2)12-4-5-16-44-32/h8-11,22,25-27H,4-7,12-21H2,1-3H3,(H,33,37)(H,34,40)(H,35,39)/t22-,25+,26-,27-,32+/m0/s1. The van der Waals surface area contributed by atoms with Crippen molar-refractivity contribution in [3.05, 3.63) is 29.8 Å². The highest BCUT2D eigenvalue weighted by Gasteiger charge is 2.42. The molecule has 1 aromatic rings. The Morgan fingerprint density at radius 3 is 2.32 bits per heavy atom. The molecular weight excluding hydrogens is 568 g/mol. The van der Waals surface area contributed by atoms with Crippen molar-refractivity contribution in [2.45, 2.75) is 88.6 Å². The number of carbonyl (C=O) groups excluding carboxylic acids is 4. The fraction of sp³-hybridized carbons (Fsp3) is 0.688. The van der Waals surface area contributed by atoms with Crippen molar-refractivity contribution in [1.82, 2.24) is 20.9 Å². The van der Waals surface area contributed by atoms with Crippen LogP contribution in [0.25, 0.3) is 0 Å². The number of ketones is 1. The number of hydrogen-bond donors (Lipinski definition) is 3. The van der Waals surface area contributed by atoms with Crippen LogP contribution in [-0.2, 0) is 39.8 Å². The average Bonchev–Trinajstić information content (AvgIpc) is 3.54. The number of amides is 3. The highest BCUT2D eigenvalue weighted by molar-refractivity contribution is 5.97. The van der Waals surface area contributed by atoms with E-state index < -0.39 is 35.5 Å². The van der Waals surface area contributed by atoms with E-state index in [-0.39, 0.29) is 30.8 Å². The summed E-state index contributed by atoms with van der Waals surface area (Å²) in [6, 6.07) is 4.49. The summed E-state index contributed by atoms with van der Waals surface area (Å²) >= 11 is 0. The lowest BCUT2D eigenvalue weighted by Gasteiger charge is -2.36. The number of nitrogens with one attached hydrogen (secondary N) is 3. The summed E-state index contributed by atoms with van der Waals surface area (Å²) in [6.45, 7) is 7.07. The van der Waals surface area contributed by atoms with E-state index in [9.17, 15) is 19.2 Å². The molecule has 0 radical (unpaired) electrons. The smallest absolute Gasteiger partial charge is 0.243 e. The number of methoxy groups -OCH3 is 1. The summed E-state index contributed by atoms with van der Waals surface area (Å²) in [6.07, 6.45) is 4.41. The lowest BCUT2D eigenvalue weighted by Crippen LogP contribution is -2.59. The van der Waals surface area contributed by atoms with Gasteiger partial charge in [0, 0.05) is 39.1 Å². The molecule has 0 aromatic heterocycles. The first kappa shape index (κ1) is 33.8. The first-order valence-electron chi connectivity index (χ1n) is 15.8. The van der Waals surface area contributed by atoms with Gasteiger partial charge in [0.05, 0.1) is 39.0 Å². The highest BCUT2D eigenvalue weighted by atomic mass is 16.5. The summed E-state index contributed by atoms with van der Waals surface area (Å²) in [5.74, 6) is -0.790. The van der Waals surface area contributed by atoms with Crippen molar-refractivity contribution < 1.29 is 38.1 Å². The van der Waals surface area contributed by atoms with Crippen LogP contribution in [0.4, 0.5) is 0 Å². The summed E-state index contributed by atoms with van der Waals surface area (Å²) in [5, 5.41) is 8.52. The van der Waals surface area contributed by atoms with Crippen molar-refractivity contribution in [3.63, 3.8) is 0 Å². The summed E-state index contributed by atoms with van der Waals surface area (Å²) in [5.41, 5.74) is -0.206. The zero-order valence-corrected chi connectivity index (χ0v) is 26.2. The Morgan fingerprint density at radius 2 is 1.68 bits per heavy atom. The Balaban J connectivity index is 1.47. The van der Waals surface area contributed by atoms with Gasteiger partial charge in [0.1, 0.15) is 23.4 Å². The molecule has 1 aromatic carbocycles. The number of hydrogen-bond acceptors (Lipinski definition) is 9. The third-order valence-corrected chi connectivity index (χ3v) is 8.62. The van der Waals surface area contributed by atoms with Crippen molar-refractivity contribution in [2.24, 2.45) is 0 Å². The van der Waals surface area contributed by atoms with Crippen LogP contribution in [-0.4, -0.2) is 111 Å². The van der Waals surface area contributed by atoms with Crippen LogP contribution >= 0.6 is 0 Å². The molecular formula is C32H48N4O8. The first-order valence-corrected chi connectivity index (χ1v) is 15.8. The molecule has 3 N–H and O–H groups in total. The molecule has 3 saturated heterocycles. The molecule has 0 saturated carbocycles. The van der Waals surface area contributed by atoms with Gasteiger partial charge in [-0.25, -0.2) is 0 Å². The Kier molecular flexibility index (Phi) is 12.5. The third kappa shape index (κ3) is 9.72. The normalized spacial score (nSPS) is 24.5. The minimum Gasteiger partial charge on any atom is -0.497 e. The van der Waals surface area contributed by atoms with Crippen molar-refractivity contribution in [1.29, 1.82) is 0 Å². The van der Waals surface area contributed by atoms with Gasteiger partial charge in [0.2, 0.25) is 17.7 Å². The molecule has 0 unspecified atom stereocenters. The predicted molar refractivity (Wildman–Crippen MR) is 162 cm³/mol. The maximum Gasteiger partial charge on any atom is 0.243 e. The topological polar surface area (TPSA) is 145 Å². The van der Waals surface area contributed by atoms with E-state index >= 15 is 0 Å². The average molecular weight is 617 g/mol. The molecule has 3 heterocycles. The number of nitrogens with zero attached hydrogens (tertiary/aromatic N) is 1. The monoisotopic (exact) mass is 616 g/mol. The lowest BCUT2D eigenvalue weighted by molar-refractivity contribution is -0.152. The number of rotatable bonds is 14. The van der Waals surface area contributed by atoms with E-state index in [1.165, 1.54) is 0 Å². The van der Waals surface area contributed by atoms with Crippen molar-refractivity contribution in [2.75, 3.05) is 53.2 Å². The lowest BCUT2D eigenvalue weighted by atomic mass is 9.85. The minimum atomic E-state index is -1.01. The molecule has 4 rings (SSSR count). The van der Waals surface area contributed by atoms with E-state index in [2.05, 4.69) is 16.0 Å². The first-order chi connectivity index (χ1) is 21.2. The van der Waals surface area contributed by atoms with E-state index in [1.54, 1.807) is 33.1 Å². The van der Waals surface area contributed by atoms with E-state index in [0.717, 1.165) is 31.2 Å². The van der Waals surface area contributed by atoms with Crippen LogP contribution in [0.3, 0.4) is 0 Å². The van der Waals surface area contributed by atoms with Crippen LogP contribution in [0.1, 0.15) is 57.9 Å². The molecule has 44 heavy (non-hydrogen) atoms. The molecule has 0 spiro atoms. The largest absolute Gasteiger partial charge is 0.497 e. The number of Topliss-reactive ketones (excluding diaryl/α,β-unsaturated/α-hetero) is 1. The molecule has 3 aliphatic heterocycles. The molecule has 244 valence electrons. The number of carbonyl (C=O) groups is 4. The van der Waals surface area contributed by atoms with Gasteiger partial charge < -0.3 is 34.9 Å². The molecule has 3 fully saturated rings. The van der Waals surface area contributed by atoms with Crippen LogP contribution in [0.15, 0.2) is 24.3 Å². The predicted octanol–water partition coefficient (Wildman–Crippen LogP) is 1.14. The summed E-state index contributed by atoms with van der Waals surface area (Å²) in [4.78, 5) is 55.7. The van der Waals surface area contributed by atoms with Crippen LogP contribution in [0.5, 0.6) is 5.75 Å². The van der Waals surface area contributed by atoms with Gasteiger partial charge in [-0.3, -0.25) is 24.1 Å². The maximum absolute atomic E-state index is 13.9. The molecule has 3 aliphatic rings. The molecule has 0 bridgehead atoms. The van der Waals surface area contributed by atoms with Crippen molar-refractivity contribution >= 4 is 23.5 Å². The van der Waals surface area contributed by atoms with E-state index in [4.69, 9.17) is 18.9 Å². The summed E-state index contributed by atoms with van der Waals surface area (Å²) in [7, 11) is 1.57. The number of benzene rings is 1. The van der Waals surface area contributed by atoms with Crippen LogP contribution in [0.2, 0.25) is 0 Å². The zero-order valence-electron chi connectivity index (χ0n) is 26.2. The molecule has 12 heteroatoms. The van der Waals surface area contributed by atoms with Gasteiger partial charge in [-0.2, -0.15) is 0 Å². The fourth-order valence-corrected chi connectivity index (χ4v) is 5.91. The van der Waals surface area contributed by atoms with Gasteiger partial charge in [-0.05, 0) is 63.6 Å². The number of ether oxygens (including phenoxy) is 4. The van der Waals surface area contributed by atoms with Crippen LogP contribution < -0.4 is 20.7 Å². The molecule has 5 atom stereocenters. The van der Waals surface area contributed by atoms with E-state index in [1.807, 2.05) is 17.0 Å². The SMILES string of the molecule is COc1ccc(C[C@H](NC(=O)[C@H](C)NC(=O)CN2CCOCC2)C(=O)N[C@@H](C[C@H]2CCCO2)C(=O)[C@@]2(C)CCCCO2)cc1. The molecule has 12 nitrogen and oxygen atoms in total. The van der Waals surface area contributed by atoms with Gasteiger partial charge in [-0.1, -0.05) is 12.1 Å². The quantitative estimate of drug-likeness (QED) is 0.280. The highest BCUT2D eigenvalue weighted by Crippen LogP contribution is 2.29. The van der Waals surface area contributed by atoms with Crippen LogP contribution in [0, 0.1) is 0 Å². The van der Waals surface area contributed by atoms with Gasteiger partial charge in [-0.15, -0.1) is 0 Å². The summed E-state index contributed by atoms with van der Waals surface area (Å²) < 4.78 is 22.4. The Morgan fingerprint density at radius 1 is 0.955 bits per heavy atom. The Hall–Kier alpha value is -3.06. The Labute approximate surface area is 259 Å². The second-order valence-electron chi connectivity index (χ2n) is 12.1. The molecule has 3 amide bonds. The number of morpholine rings is 1. The third-order valence-electron chi connectivity index (χ3n) is 8.62.